The van der Waals surface area contributed by atoms with Gasteiger partial charge in [0.05, 0.1) is 5.92 Å². The van der Waals surface area contributed by atoms with Crippen LogP contribution in [-0.2, 0) is 11.2 Å². The lowest BCUT2D eigenvalue weighted by Crippen LogP contribution is -2.31. The first-order valence-electron chi connectivity index (χ1n) is 9.17. The number of amides is 1. The van der Waals surface area contributed by atoms with Crippen LogP contribution in [0.4, 0.5) is 0 Å². The maximum Gasteiger partial charge on any atom is 0.227 e. The van der Waals surface area contributed by atoms with Crippen molar-refractivity contribution in [1.82, 2.24) is 5.32 Å². The van der Waals surface area contributed by atoms with E-state index in [0.29, 0.717) is 18.2 Å². The van der Waals surface area contributed by atoms with Crippen LogP contribution in [-0.4, -0.2) is 17.6 Å². The molecule has 0 bridgehead atoms. The van der Waals surface area contributed by atoms with Crippen molar-refractivity contribution in [1.29, 1.82) is 0 Å². The standard InChI is InChI=1S/C22H29NO2/c1-17(2)16-21(19-9-4-3-5-10-19)22(25)23-15-7-6-8-18-11-13-20(24)14-12-18/h3-5,9-14,17,21,24H,6-8,15-16H2,1-2H3,(H,23,25). The number of phenols is 1. The Bertz CT molecular complexity index is 635. The molecule has 1 unspecified atom stereocenters. The highest BCUT2D eigenvalue weighted by Gasteiger charge is 2.21. The van der Waals surface area contributed by atoms with Crippen LogP contribution in [0.1, 0.15) is 50.2 Å². The number of hydrogen-bond donors (Lipinski definition) is 2. The number of hydrogen-bond acceptors (Lipinski definition) is 2. The third-order valence-electron chi connectivity index (χ3n) is 4.35. The summed E-state index contributed by atoms with van der Waals surface area (Å²) < 4.78 is 0. The maximum absolute atomic E-state index is 12.6. The van der Waals surface area contributed by atoms with Gasteiger partial charge in [-0.15, -0.1) is 0 Å². The van der Waals surface area contributed by atoms with Gasteiger partial charge in [0, 0.05) is 6.54 Å². The first kappa shape index (κ1) is 19.0. The van der Waals surface area contributed by atoms with E-state index in [2.05, 4.69) is 19.2 Å². The SMILES string of the molecule is CC(C)CC(C(=O)NCCCCc1ccc(O)cc1)c1ccccc1. The van der Waals surface area contributed by atoms with Crippen molar-refractivity contribution in [3.8, 4) is 5.75 Å². The third kappa shape index (κ3) is 6.61. The maximum atomic E-state index is 12.6. The Kier molecular flexibility index (Phi) is 7.52. The van der Waals surface area contributed by atoms with Gasteiger partial charge in [0.1, 0.15) is 5.75 Å². The van der Waals surface area contributed by atoms with E-state index in [9.17, 15) is 9.90 Å². The Morgan fingerprint density at radius 2 is 1.68 bits per heavy atom. The molecular formula is C22H29NO2. The second-order valence-corrected chi connectivity index (χ2v) is 7.01. The minimum Gasteiger partial charge on any atom is -0.508 e. The Morgan fingerprint density at radius 1 is 1.00 bits per heavy atom. The zero-order valence-corrected chi connectivity index (χ0v) is 15.2. The van der Waals surface area contributed by atoms with E-state index in [4.69, 9.17) is 0 Å². The zero-order chi connectivity index (χ0) is 18.1. The number of carbonyl (C=O) groups excluding carboxylic acids is 1. The van der Waals surface area contributed by atoms with Gasteiger partial charge in [0.2, 0.25) is 5.91 Å². The number of benzene rings is 2. The predicted molar refractivity (Wildman–Crippen MR) is 103 cm³/mol. The number of carbonyl (C=O) groups is 1. The van der Waals surface area contributed by atoms with Crippen molar-refractivity contribution in [3.05, 3.63) is 65.7 Å². The van der Waals surface area contributed by atoms with Gasteiger partial charge in [-0.05, 0) is 54.9 Å². The van der Waals surface area contributed by atoms with Crippen molar-refractivity contribution in [2.45, 2.75) is 45.4 Å². The van der Waals surface area contributed by atoms with Crippen LogP contribution >= 0.6 is 0 Å². The number of phenolic OH excluding ortho intramolecular Hbond substituents is 1. The summed E-state index contributed by atoms with van der Waals surface area (Å²) in [7, 11) is 0. The van der Waals surface area contributed by atoms with Gasteiger partial charge < -0.3 is 10.4 Å². The van der Waals surface area contributed by atoms with Crippen LogP contribution in [0.3, 0.4) is 0 Å². The van der Waals surface area contributed by atoms with Crippen LogP contribution < -0.4 is 5.32 Å². The predicted octanol–water partition coefficient (Wildman–Crippen LogP) is 4.66. The molecule has 0 aromatic heterocycles. The van der Waals surface area contributed by atoms with Gasteiger partial charge in [-0.25, -0.2) is 0 Å². The fourth-order valence-corrected chi connectivity index (χ4v) is 3.00. The molecule has 3 heteroatoms. The second-order valence-electron chi connectivity index (χ2n) is 7.01. The Balaban J connectivity index is 1.77. The Morgan fingerprint density at radius 3 is 2.32 bits per heavy atom. The minimum absolute atomic E-state index is 0.0710. The molecular weight excluding hydrogens is 310 g/mol. The van der Waals surface area contributed by atoms with E-state index in [1.165, 1.54) is 5.56 Å². The van der Waals surface area contributed by atoms with E-state index in [0.717, 1.165) is 31.2 Å². The summed E-state index contributed by atoms with van der Waals surface area (Å²) in [5, 5.41) is 12.4. The Labute approximate surface area is 151 Å². The molecule has 0 saturated carbocycles. The molecule has 0 radical (unpaired) electrons. The molecule has 1 atom stereocenters. The quantitative estimate of drug-likeness (QED) is 0.653. The molecule has 0 fully saturated rings. The highest BCUT2D eigenvalue weighted by Crippen LogP contribution is 2.24. The van der Waals surface area contributed by atoms with Gasteiger partial charge in [0.15, 0.2) is 0 Å². The fourth-order valence-electron chi connectivity index (χ4n) is 3.00. The van der Waals surface area contributed by atoms with Gasteiger partial charge in [-0.1, -0.05) is 56.3 Å². The lowest BCUT2D eigenvalue weighted by molar-refractivity contribution is -0.122. The number of nitrogens with one attached hydrogen (secondary N) is 1. The second kappa shape index (κ2) is 9.87. The van der Waals surface area contributed by atoms with Crippen LogP contribution in [0.15, 0.2) is 54.6 Å². The van der Waals surface area contributed by atoms with Crippen molar-refractivity contribution in [2.24, 2.45) is 5.92 Å². The van der Waals surface area contributed by atoms with Crippen LogP contribution in [0.2, 0.25) is 0 Å². The van der Waals surface area contributed by atoms with E-state index in [-0.39, 0.29) is 11.8 Å². The smallest absolute Gasteiger partial charge is 0.227 e. The molecule has 2 rings (SSSR count). The van der Waals surface area contributed by atoms with Crippen molar-refractivity contribution < 1.29 is 9.90 Å². The highest BCUT2D eigenvalue weighted by atomic mass is 16.3. The average Bonchev–Trinajstić information content (AvgIpc) is 2.61. The molecule has 0 aliphatic rings. The van der Waals surface area contributed by atoms with Gasteiger partial charge in [-0.3, -0.25) is 4.79 Å². The summed E-state index contributed by atoms with van der Waals surface area (Å²) in [6.45, 7) is 5.01. The number of aryl methyl sites for hydroxylation is 1. The monoisotopic (exact) mass is 339 g/mol. The topological polar surface area (TPSA) is 49.3 Å². The number of unbranched alkanes of at least 4 members (excludes halogenated alkanes) is 1. The van der Waals surface area contributed by atoms with Gasteiger partial charge in [-0.2, -0.15) is 0 Å². The van der Waals surface area contributed by atoms with E-state index in [1.807, 2.05) is 42.5 Å². The van der Waals surface area contributed by atoms with E-state index < -0.39 is 0 Å². The van der Waals surface area contributed by atoms with Crippen LogP contribution in [0.25, 0.3) is 0 Å². The summed E-state index contributed by atoms with van der Waals surface area (Å²) in [5.74, 6) is 0.835. The molecule has 0 spiro atoms. The molecule has 25 heavy (non-hydrogen) atoms. The largest absolute Gasteiger partial charge is 0.508 e. The van der Waals surface area contributed by atoms with Crippen molar-refractivity contribution in [3.63, 3.8) is 0 Å². The van der Waals surface area contributed by atoms with Gasteiger partial charge in [0.25, 0.3) is 0 Å². The molecule has 0 heterocycles. The highest BCUT2D eigenvalue weighted by molar-refractivity contribution is 5.83. The van der Waals surface area contributed by atoms with E-state index in [1.54, 1.807) is 12.1 Å². The first-order chi connectivity index (χ1) is 12.1. The number of aromatic hydroxyl groups is 1. The molecule has 0 aliphatic carbocycles. The number of rotatable bonds is 9. The van der Waals surface area contributed by atoms with Crippen molar-refractivity contribution >= 4 is 5.91 Å². The molecule has 3 nitrogen and oxygen atoms in total. The molecule has 0 saturated heterocycles. The summed E-state index contributed by atoms with van der Waals surface area (Å²) in [6, 6.07) is 17.4. The molecule has 2 aromatic carbocycles. The van der Waals surface area contributed by atoms with E-state index >= 15 is 0 Å². The molecule has 134 valence electrons. The summed E-state index contributed by atoms with van der Waals surface area (Å²) in [4.78, 5) is 12.6. The summed E-state index contributed by atoms with van der Waals surface area (Å²) in [6.07, 6.45) is 3.80. The van der Waals surface area contributed by atoms with Gasteiger partial charge >= 0.3 is 0 Å². The summed E-state index contributed by atoms with van der Waals surface area (Å²) >= 11 is 0. The molecule has 0 aliphatic heterocycles. The fraction of sp³-hybridized carbons (Fsp3) is 0.409. The normalized spacial score (nSPS) is 12.1. The average molecular weight is 339 g/mol. The lowest BCUT2D eigenvalue weighted by Gasteiger charge is -2.19. The Hall–Kier alpha value is -2.29. The lowest BCUT2D eigenvalue weighted by atomic mass is 9.89. The first-order valence-corrected chi connectivity index (χ1v) is 9.17. The van der Waals surface area contributed by atoms with Crippen LogP contribution in [0, 0.1) is 5.92 Å². The van der Waals surface area contributed by atoms with Crippen LogP contribution in [0.5, 0.6) is 5.75 Å². The molecule has 2 N–H and O–H groups in total. The molecule has 1 amide bonds. The van der Waals surface area contributed by atoms with Crippen molar-refractivity contribution in [2.75, 3.05) is 6.54 Å². The zero-order valence-electron chi connectivity index (χ0n) is 15.2. The molecule has 2 aromatic rings. The summed E-state index contributed by atoms with van der Waals surface area (Å²) in [5.41, 5.74) is 2.31. The minimum atomic E-state index is -0.0710. The third-order valence-corrected chi connectivity index (χ3v) is 4.35.